The lowest BCUT2D eigenvalue weighted by Crippen LogP contribution is -2.58. The highest BCUT2D eigenvalue weighted by atomic mass is 16.4. The van der Waals surface area contributed by atoms with Gasteiger partial charge in [0.1, 0.15) is 18.1 Å². The number of carbonyl (C=O) groups is 4. The van der Waals surface area contributed by atoms with Gasteiger partial charge in [-0.25, -0.2) is 4.79 Å². The molecule has 0 bridgehead atoms. The summed E-state index contributed by atoms with van der Waals surface area (Å²) in [6.07, 6.45) is 0.485. The van der Waals surface area contributed by atoms with Crippen LogP contribution in [0.4, 0.5) is 0 Å². The van der Waals surface area contributed by atoms with Gasteiger partial charge in [-0.1, -0.05) is 58.0 Å². The molecule has 0 heterocycles. The van der Waals surface area contributed by atoms with Crippen molar-refractivity contribution in [3.63, 3.8) is 0 Å². The summed E-state index contributed by atoms with van der Waals surface area (Å²) in [5.74, 6) is -3.00. The minimum atomic E-state index is -1.13. The molecule has 0 saturated heterocycles. The Morgan fingerprint density at radius 3 is 2.00 bits per heavy atom. The maximum Gasteiger partial charge on any atom is 0.326 e. The van der Waals surface area contributed by atoms with Crippen molar-refractivity contribution in [2.45, 2.75) is 58.7 Å². The van der Waals surface area contributed by atoms with Crippen LogP contribution >= 0.6 is 0 Å². The first-order valence-corrected chi connectivity index (χ1v) is 10.4. The van der Waals surface area contributed by atoms with Crippen LogP contribution in [0.2, 0.25) is 0 Å². The van der Waals surface area contributed by atoms with Gasteiger partial charge in [0.2, 0.25) is 17.7 Å². The number of carboxylic acid groups (broad SMARTS) is 1. The number of hydrogen-bond acceptors (Lipinski definition) is 5. The number of carboxylic acids is 1. The van der Waals surface area contributed by atoms with Gasteiger partial charge in [0.15, 0.2) is 0 Å². The van der Waals surface area contributed by atoms with Crippen molar-refractivity contribution in [1.82, 2.24) is 16.0 Å². The van der Waals surface area contributed by atoms with E-state index in [9.17, 15) is 24.3 Å². The largest absolute Gasteiger partial charge is 0.480 e. The average molecular weight is 435 g/mol. The zero-order chi connectivity index (χ0) is 23.6. The van der Waals surface area contributed by atoms with Crippen molar-refractivity contribution in [2.24, 2.45) is 17.6 Å². The zero-order valence-electron chi connectivity index (χ0n) is 18.6. The molecule has 6 N–H and O–H groups in total. The van der Waals surface area contributed by atoms with E-state index in [-0.39, 0.29) is 31.2 Å². The second kappa shape index (κ2) is 12.7. The molecule has 3 amide bonds. The lowest BCUT2D eigenvalue weighted by molar-refractivity contribution is -0.143. The summed E-state index contributed by atoms with van der Waals surface area (Å²) in [6.45, 7) is 6.93. The number of carbonyl (C=O) groups excluding carboxylic acids is 3. The number of rotatable bonds is 12. The molecular formula is C22H34N4O5. The molecule has 0 fully saturated rings. The Morgan fingerprint density at radius 2 is 1.52 bits per heavy atom. The quantitative estimate of drug-likeness (QED) is 0.322. The Kier molecular flexibility index (Phi) is 10.7. The van der Waals surface area contributed by atoms with Crippen molar-refractivity contribution in [3.05, 3.63) is 35.9 Å². The van der Waals surface area contributed by atoms with Crippen molar-refractivity contribution in [3.8, 4) is 0 Å². The van der Waals surface area contributed by atoms with Gasteiger partial charge in [0, 0.05) is 6.42 Å². The summed E-state index contributed by atoms with van der Waals surface area (Å²) in [7, 11) is 0. The molecular weight excluding hydrogens is 400 g/mol. The van der Waals surface area contributed by atoms with Gasteiger partial charge in [0.25, 0.3) is 0 Å². The Morgan fingerprint density at radius 1 is 0.903 bits per heavy atom. The van der Waals surface area contributed by atoms with Crippen molar-refractivity contribution < 1.29 is 24.3 Å². The monoisotopic (exact) mass is 434 g/mol. The summed E-state index contributed by atoms with van der Waals surface area (Å²) in [6, 6.07) is 6.18. The third-order valence-electron chi connectivity index (χ3n) is 4.69. The number of nitrogens with two attached hydrogens (primary N) is 1. The number of hydrogen-bond donors (Lipinski definition) is 5. The fourth-order valence-electron chi connectivity index (χ4n) is 3.06. The number of nitrogens with one attached hydrogen (secondary N) is 3. The summed E-state index contributed by atoms with van der Waals surface area (Å²) >= 11 is 0. The highest BCUT2D eigenvalue weighted by molar-refractivity contribution is 5.93. The number of aliphatic carboxylic acids is 1. The van der Waals surface area contributed by atoms with Crippen LogP contribution < -0.4 is 21.7 Å². The van der Waals surface area contributed by atoms with Crippen LogP contribution in [0.1, 0.15) is 39.7 Å². The van der Waals surface area contributed by atoms with Gasteiger partial charge in [0.05, 0.1) is 6.54 Å². The molecule has 1 rings (SSSR count). The van der Waals surface area contributed by atoms with Crippen LogP contribution in [-0.2, 0) is 25.6 Å². The van der Waals surface area contributed by atoms with E-state index in [2.05, 4.69) is 16.0 Å². The van der Waals surface area contributed by atoms with E-state index in [1.165, 1.54) is 0 Å². The van der Waals surface area contributed by atoms with E-state index in [4.69, 9.17) is 5.73 Å². The lowest BCUT2D eigenvalue weighted by atomic mass is 9.99. The van der Waals surface area contributed by atoms with E-state index >= 15 is 0 Å². The summed E-state index contributed by atoms with van der Waals surface area (Å²) in [4.78, 5) is 49.1. The first-order chi connectivity index (χ1) is 14.5. The maximum absolute atomic E-state index is 13.0. The van der Waals surface area contributed by atoms with E-state index in [0.717, 1.165) is 5.56 Å². The first kappa shape index (κ1) is 26.1. The molecule has 0 aliphatic carbocycles. The molecule has 0 spiro atoms. The molecule has 0 aromatic heterocycles. The van der Waals surface area contributed by atoms with Crippen molar-refractivity contribution in [2.75, 3.05) is 6.54 Å². The molecule has 0 aliphatic rings. The summed E-state index contributed by atoms with van der Waals surface area (Å²) in [5.41, 5.74) is 6.20. The van der Waals surface area contributed by atoms with Gasteiger partial charge in [-0.2, -0.15) is 0 Å². The molecule has 0 aliphatic heterocycles. The lowest BCUT2D eigenvalue weighted by Gasteiger charge is -2.27. The molecule has 172 valence electrons. The van der Waals surface area contributed by atoms with E-state index in [1.54, 1.807) is 13.8 Å². The highest BCUT2D eigenvalue weighted by Gasteiger charge is 2.31. The second-order valence-corrected chi connectivity index (χ2v) is 8.27. The molecule has 1 aromatic rings. The van der Waals surface area contributed by atoms with Crippen LogP contribution in [0.5, 0.6) is 0 Å². The highest BCUT2D eigenvalue weighted by Crippen LogP contribution is 2.09. The first-order valence-electron chi connectivity index (χ1n) is 10.4. The Hall–Kier alpha value is -2.94. The molecule has 31 heavy (non-hydrogen) atoms. The topological polar surface area (TPSA) is 151 Å². The smallest absolute Gasteiger partial charge is 0.326 e. The fourth-order valence-corrected chi connectivity index (χ4v) is 3.06. The molecule has 1 aromatic carbocycles. The fraction of sp³-hybridized carbons (Fsp3) is 0.545. The van der Waals surface area contributed by atoms with Crippen LogP contribution in [0.15, 0.2) is 30.3 Å². The van der Waals surface area contributed by atoms with Crippen LogP contribution in [0.3, 0.4) is 0 Å². The predicted octanol–water partition coefficient (Wildman–Crippen LogP) is 0.429. The maximum atomic E-state index is 13.0. The molecule has 0 radical (unpaired) electrons. The SMILES string of the molecule is CC(C)CC(NC(=O)C(NC(=O)C(Cc1ccccc1)NC(=O)CN)C(C)C)C(=O)O. The number of benzene rings is 1. The van der Waals surface area contributed by atoms with E-state index in [0.29, 0.717) is 0 Å². The van der Waals surface area contributed by atoms with E-state index < -0.39 is 41.8 Å². The molecule has 0 saturated carbocycles. The Labute approximate surface area is 183 Å². The third kappa shape index (κ3) is 9.17. The molecule has 9 nitrogen and oxygen atoms in total. The standard InChI is InChI=1S/C22H34N4O5/c1-13(2)10-17(22(30)31)25-21(29)19(14(3)4)26-20(28)16(24-18(27)12-23)11-15-8-6-5-7-9-15/h5-9,13-14,16-17,19H,10-12,23H2,1-4H3,(H,24,27)(H,25,29)(H,26,28)(H,30,31). The zero-order valence-corrected chi connectivity index (χ0v) is 18.6. The van der Waals surface area contributed by atoms with Gasteiger partial charge in [-0.3, -0.25) is 14.4 Å². The van der Waals surface area contributed by atoms with Crippen molar-refractivity contribution in [1.29, 1.82) is 0 Å². The summed E-state index contributed by atoms with van der Waals surface area (Å²) < 4.78 is 0. The predicted molar refractivity (Wildman–Crippen MR) is 117 cm³/mol. The van der Waals surface area contributed by atoms with Gasteiger partial charge >= 0.3 is 5.97 Å². The van der Waals surface area contributed by atoms with Crippen molar-refractivity contribution >= 4 is 23.7 Å². The summed E-state index contributed by atoms with van der Waals surface area (Å²) in [5, 5.41) is 17.2. The van der Waals surface area contributed by atoms with Gasteiger partial charge in [-0.05, 0) is 23.8 Å². The normalized spacial score (nSPS) is 13.9. The Balaban J connectivity index is 2.97. The van der Waals surface area contributed by atoms with E-state index in [1.807, 2.05) is 44.2 Å². The molecule has 3 unspecified atom stereocenters. The van der Waals surface area contributed by atoms with Gasteiger partial charge < -0.3 is 26.8 Å². The van der Waals surface area contributed by atoms with Crippen LogP contribution in [0.25, 0.3) is 0 Å². The minimum Gasteiger partial charge on any atom is -0.480 e. The third-order valence-corrected chi connectivity index (χ3v) is 4.69. The second-order valence-electron chi connectivity index (χ2n) is 8.27. The average Bonchev–Trinajstić information content (AvgIpc) is 2.70. The Bertz CT molecular complexity index is 752. The molecule has 9 heteroatoms. The molecule has 3 atom stereocenters. The minimum absolute atomic E-state index is 0.0650. The van der Waals surface area contributed by atoms with Gasteiger partial charge in [-0.15, -0.1) is 0 Å². The van der Waals surface area contributed by atoms with Crippen LogP contribution in [-0.4, -0.2) is 53.5 Å². The van der Waals surface area contributed by atoms with Crippen LogP contribution in [0, 0.1) is 11.8 Å². The number of amides is 3.